The fourth-order valence-corrected chi connectivity index (χ4v) is 3.65. The van der Waals surface area contributed by atoms with Crippen molar-refractivity contribution in [2.45, 2.75) is 26.4 Å². The molecular formula is C34H35F3O8. The maximum atomic E-state index is 13.8. The van der Waals surface area contributed by atoms with Gasteiger partial charge < -0.3 is 28.4 Å². The molecule has 0 aromatic heterocycles. The van der Waals surface area contributed by atoms with Crippen LogP contribution in [0.5, 0.6) is 17.2 Å². The standard InChI is InChI=1S/C34H35F3O8/c1-4-24(2)32(38)44-22-20-42-18-17-41-19-21-43-29-14-10-27(11-15-29)33(39)45-30-16-9-26(31(23-30)34(35,36)37)8-5-25-6-12-28(40-3)13-7-25/h6-7,9-16,23-24H,4,17-22H2,1-3H3. The summed E-state index contributed by atoms with van der Waals surface area (Å²) in [5, 5.41) is 0. The molecule has 0 fully saturated rings. The lowest BCUT2D eigenvalue weighted by atomic mass is 10.1. The quantitative estimate of drug-likeness (QED) is 0.0835. The summed E-state index contributed by atoms with van der Waals surface area (Å²) < 4.78 is 73.1. The van der Waals surface area contributed by atoms with Crippen LogP contribution in [-0.4, -0.2) is 58.7 Å². The van der Waals surface area contributed by atoms with E-state index in [1.165, 1.54) is 31.4 Å². The zero-order valence-corrected chi connectivity index (χ0v) is 25.3. The molecule has 3 aromatic rings. The van der Waals surface area contributed by atoms with Crippen LogP contribution in [0.25, 0.3) is 0 Å². The number of carbonyl (C=O) groups excluding carboxylic acids is 2. The number of hydrogen-bond acceptors (Lipinski definition) is 8. The predicted molar refractivity (Wildman–Crippen MR) is 159 cm³/mol. The Balaban J connectivity index is 1.43. The lowest BCUT2D eigenvalue weighted by molar-refractivity contribution is -0.149. The molecule has 0 saturated heterocycles. The van der Waals surface area contributed by atoms with Crippen molar-refractivity contribution in [3.63, 3.8) is 0 Å². The topological polar surface area (TPSA) is 89.5 Å². The van der Waals surface area contributed by atoms with Gasteiger partial charge in [0.1, 0.15) is 30.5 Å². The molecule has 0 aliphatic heterocycles. The molecule has 0 radical (unpaired) electrons. The highest BCUT2D eigenvalue weighted by molar-refractivity contribution is 5.91. The Morgan fingerprint density at radius 1 is 0.778 bits per heavy atom. The second kappa shape index (κ2) is 17.7. The maximum Gasteiger partial charge on any atom is 0.417 e. The van der Waals surface area contributed by atoms with Gasteiger partial charge in [-0.15, -0.1) is 0 Å². The number of alkyl halides is 3. The number of benzene rings is 3. The molecule has 0 spiro atoms. The number of methoxy groups -OCH3 is 1. The van der Waals surface area contributed by atoms with E-state index in [0.717, 1.165) is 12.5 Å². The molecular weight excluding hydrogens is 593 g/mol. The van der Waals surface area contributed by atoms with Crippen molar-refractivity contribution in [2.24, 2.45) is 5.92 Å². The fourth-order valence-electron chi connectivity index (χ4n) is 3.65. The van der Waals surface area contributed by atoms with Crippen LogP contribution in [0.3, 0.4) is 0 Å². The molecule has 8 nitrogen and oxygen atoms in total. The first-order valence-corrected chi connectivity index (χ1v) is 14.2. The van der Waals surface area contributed by atoms with Crippen LogP contribution in [0.1, 0.15) is 47.3 Å². The van der Waals surface area contributed by atoms with Crippen LogP contribution in [-0.2, 0) is 25.2 Å². The van der Waals surface area contributed by atoms with Gasteiger partial charge in [-0.3, -0.25) is 4.79 Å². The first kappa shape index (κ1) is 35.0. The van der Waals surface area contributed by atoms with Crippen molar-refractivity contribution in [1.82, 2.24) is 0 Å². The van der Waals surface area contributed by atoms with E-state index >= 15 is 0 Å². The van der Waals surface area contributed by atoms with Gasteiger partial charge in [-0.25, -0.2) is 4.79 Å². The molecule has 0 aliphatic rings. The van der Waals surface area contributed by atoms with Gasteiger partial charge in [-0.05, 0) is 73.2 Å². The Kier molecular flexibility index (Phi) is 13.7. The molecule has 3 rings (SSSR count). The van der Waals surface area contributed by atoms with Crippen molar-refractivity contribution in [2.75, 3.05) is 46.8 Å². The van der Waals surface area contributed by atoms with E-state index in [1.54, 1.807) is 36.4 Å². The van der Waals surface area contributed by atoms with Gasteiger partial charge >= 0.3 is 18.1 Å². The molecule has 0 heterocycles. The third-order valence-electron chi connectivity index (χ3n) is 6.38. The summed E-state index contributed by atoms with van der Waals surface area (Å²) in [6.07, 6.45) is -3.99. The fraction of sp³-hybridized carbons (Fsp3) is 0.353. The van der Waals surface area contributed by atoms with Gasteiger partial charge in [0, 0.05) is 11.1 Å². The van der Waals surface area contributed by atoms with E-state index in [2.05, 4.69) is 11.8 Å². The Bertz CT molecular complexity index is 1440. The van der Waals surface area contributed by atoms with E-state index in [1.807, 2.05) is 13.8 Å². The van der Waals surface area contributed by atoms with Crippen molar-refractivity contribution < 1.29 is 51.2 Å². The van der Waals surface area contributed by atoms with Crippen molar-refractivity contribution >= 4 is 11.9 Å². The number of halogens is 3. The van der Waals surface area contributed by atoms with Crippen LogP contribution in [0.15, 0.2) is 66.7 Å². The number of ether oxygens (including phenoxy) is 6. The second-order valence-corrected chi connectivity index (χ2v) is 9.65. The Hall–Kier alpha value is -4.53. The van der Waals surface area contributed by atoms with Gasteiger partial charge in [-0.2, -0.15) is 13.2 Å². The largest absolute Gasteiger partial charge is 0.497 e. The minimum atomic E-state index is -4.72. The zero-order chi connectivity index (χ0) is 32.7. The third kappa shape index (κ3) is 11.8. The molecule has 0 N–H and O–H groups in total. The van der Waals surface area contributed by atoms with Gasteiger partial charge in [-0.1, -0.05) is 25.7 Å². The SMILES string of the molecule is CCC(C)C(=O)OCCOCCOCCOc1ccc(C(=O)Oc2ccc(C#Cc3ccc(OC)cc3)c(C(F)(F)F)c2)cc1. The first-order valence-electron chi connectivity index (χ1n) is 14.2. The van der Waals surface area contributed by atoms with Crippen molar-refractivity contribution in [3.8, 4) is 29.1 Å². The summed E-state index contributed by atoms with van der Waals surface area (Å²) in [6.45, 7) is 5.40. The third-order valence-corrected chi connectivity index (χ3v) is 6.38. The lowest BCUT2D eigenvalue weighted by Gasteiger charge is -2.12. The molecule has 240 valence electrons. The molecule has 11 heteroatoms. The zero-order valence-electron chi connectivity index (χ0n) is 25.3. The normalized spacial score (nSPS) is 11.6. The molecule has 1 atom stereocenters. The van der Waals surface area contributed by atoms with Crippen LogP contribution in [0.2, 0.25) is 0 Å². The summed E-state index contributed by atoms with van der Waals surface area (Å²) >= 11 is 0. The molecule has 45 heavy (non-hydrogen) atoms. The molecule has 1 unspecified atom stereocenters. The average molecular weight is 629 g/mol. The lowest BCUT2D eigenvalue weighted by Crippen LogP contribution is -2.18. The van der Waals surface area contributed by atoms with Gasteiger partial charge in [0.15, 0.2) is 0 Å². The molecule has 3 aromatic carbocycles. The molecule has 0 bridgehead atoms. The predicted octanol–water partition coefficient (Wildman–Crippen LogP) is 6.33. The average Bonchev–Trinajstić information content (AvgIpc) is 3.04. The van der Waals surface area contributed by atoms with E-state index in [-0.39, 0.29) is 55.2 Å². The highest BCUT2D eigenvalue weighted by Gasteiger charge is 2.34. The highest BCUT2D eigenvalue weighted by Crippen LogP contribution is 2.34. The maximum absolute atomic E-state index is 13.8. The molecule has 0 amide bonds. The van der Waals surface area contributed by atoms with Gasteiger partial charge in [0.25, 0.3) is 0 Å². The summed E-state index contributed by atoms with van der Waals surface area (Å²) in [5.41, 5.74) is -0.633. The summed E-state index contributed by atoms with van der Waals surface area (Å²) in [5.74, 6) is 4.85. The second-order valence-electron chi connectivity index (χ2n) is 9.65. The van der Waals surface area contributed by atoms with Gasteiger partial charge in [0.05, 0.1) is 50.6 Å². The number of rotatable bonds is 15. The van der Waals surface area contributed by atoms with Crippen LogP contribution in [0.4, 0.5) is 13.2 Å². The first-order chi connectivity index (χ1) is 21.6. The summed E-state index contributed by atoms with van der Waals surface area (Å²) in [7, 11) is 1.51. The van der Waals surface area contributed by atoms with Crippen molar-refractivity contribution in [3.05, 3.63) is 89.0 Å². The highest BCUT2D eigenvalue weighted by atomic mass is 19.4. The molecule has 0 saturated carbocycles. The Morgan fingerprint density at radius 2 is 1.38 bits per heavy atom. The van der Waals surface area contributed by atoms with Crippen LogP contribution < -0.4 is 14.2 Å². The van der Waals surface area contributed by atoms with Crippen LogP contribution >= 0.6 is 0 Å². The van der Waals surface area contributed by atoms with E-state index < -0.39 is 17.7 Å². The smallest absolute Gasteiger partial charge is 0.417 e. The van der Waals surface area contributed by atoms with E-state index in [0.29, 0.717) is 30.3 Å². The van der Waals surface area contributed by atoms with E-state index in [9.17, 15) is 22.8 Å². The number of esters is 2. The summed E-state index contributed by atoms with van der Waals surface area (Å²) in [6, 6.07) is 15.7. The monoisotopic (exact) mass is 628 g/mol. The Labute approximate surface area is 260 Å². The number of carbonyl (C=O) groups is 2. The minimum Gasteiger partial charge on any atom is -0.497 e. The molecule has 0 aliphatic carbocycles. The number of hydrogen-bond donors (Lipinski definition) is 0. The minimum absolute atomic E-state index is 0.127. The Morgan fingerprint density at radius 3 is 2.00 bits per heavy atom. The van der Waals surface area contributed by atoms with Gasteiger partial charge in [0.2, 0.25) is 0 Å². The van der Waals surface area contributed by atoms with Crippen molar-refractivity contribution in [1.29, 1.82) is 0 Å². The van der Waals surface area contributed by atoms with Crippen LogP contribution in [0, 0.1) is 17.8 Å². The summed E-state index contributed by atoms with van der Waals surface area (Å²) in [4.78, 5) is 24.2. The van der Waals surface area contributed by atoms with E-state index in [4.69, 9.17) is 28.4 Å².